The number of carbonyl (C=O) groups is 2. The number of non-ortho nitro benzene ring substituents is 1. The molecular formula is C24H17F3N4O4. The summed E-state index contributed by atoms with van der Waals surface area (Å²) >= 11 is 0. The van der Waals surface area contributed by atoms with Gasteiger partial charge in [-0.1, -0.05) is 42.5 Å². The van der Waals surface area contributed by atoms with Crippen LogP contribution >= 0.6 is 0 Å². The fraction of sp³-hybridized carbons (Fsp3) is 0.0833. The topological polar surface area (TPSA) is 95.8 Å². The molecule has 1 aliphatic rings. The smallest absolute Gasteiger partial charge is 0.303 e. The number of amides is 4. The van der Waals surface area contributed by atoms with Crippen LogP contribution in [0.2, 0.25) is 0 Å². The molecule has 1 aliphatic heterocycles. The maximum atomic E-state index is 14.7. The lowest BCUT2D eigenvalue weighted by Gasteiger charge is -2.48. The zero-order chi connectivity index (χ0) is 25.2. The first-order valence-electron chi connectivity index (χ1n) is 10.2. The van der Waals surface area contributed by atoms with Gasteiger partial charge in [0, 0.05) is 17.8 Å². The lowest BCUT2D eigenvalue weighted by molar-refractivity contribution is -0.384. The summed E-state index contributed by atoms with van der Waals surface area (Å²) in [5, 5.41) is 12.8. The van der Waals surface area contributed by atoms with Gasteiger partial charge in [-0.15, -0.1) is 0 Å². The second-order valence-electron chi connectivity index (χ2n) is 7.50. The first-order valence-corrected chi connectivity index (χ1v) is 10.2. The largest absolute Gasteiger partial charge is 0.435 e. The standard InChI is InChI=1S/C24H17F3N4O4/c25-24(26,27)23(16-15-17-11-13-20(14-12-17)31(34)35)28-21(32)29(18-7-3-1-4-8-18)22(33)30(23)19-9-5-2-6-10-19/h1-16H,(H,28,32)/b16-15+. The van der Waals surface area contributed by atoms with E-state index in [-0.39, 0.29) is 22.6 Å². The molecule has 0 bridgehead atoms. The van der Waals surface area contributed by atoms with Crippen LogP contribution in [-0.4, -0.2) is 28.8 Å². The van der Waals surface area contributed by atoms with Gasteiger partial charge in [-0.3, -0.25) is 15.0 Å². The molecule has 1 fully saturated rings. The number of hydrogen-bond acceptors (Lipinski definition) is 4. The van der Waals surface area contributed by atoms with E-state index in [2.05, 4.69) is 0 Å². The van der Waals surface area contributed by atoms with Gasteiger partial charge in [-0.25, -0.2) is 14.5 Å². The van der Waals surface area contributed by atoms with Gasteiger partial charge in [0.25, 0.3) is 5.69 Å². The summed E-state index contributed by atoms with van der Waals surface area (Å²) in [6.45, 7) is 0. The molecule has 4 rings (SSSR count). The second-order valence-corrected chi connectivity index (χ2v) is 7.50. The van der Waals surface area contributed by atoms with Crippen molar-refractivity contribution in [2.75, 3.05) is 9.80 Å². The number of alkyl halides is 3. The molecule has 0 aromatic heterocycles. The Labute approximate surface area is 197 Å². The number of halogens is 3. The van der Waals surface area contributed by atoms with Crippen LogP contribution in [-0.2, 0) is 0 Å². The summed E-state index contributed by atoms with van der Waals surface area (Å²) in [4.78, 5) is 37.8. The molecule has 0 radical (unpaired) electrons. The van der Waals surface area contributed by atoms with Crippen LogP contribution in [0.25, 0.3) is 6.08 Å². The molecule has 1 atom stereocenters. The predicted molar refractivity (Wildman–Crippen MR) is 123 cm³/mol. The third-order valence-electron chi connectivity index (χ3n) is 5.32. The zero-order valence-corrected chi connectivity index (χ0v) is 17.8. The van der Waals surface area contributed by atoms with E-state index in [1.165, 1.54) is 48.5 Å². The number of urea groups is 2. The number of hydrogen-bond donors (Lipinski definition) is 1. The van der Waals surface area contributed by atoms with Gasteiger partial charge in [-0.05, 0) is 48.0 Å². The predicted octanol–water partition coefficient (Wildman–Crippen LogP) is 5.72. The molecule has 3 aromatic carbocycles. The first-order chi connectivity index (χ1) is 16.6. The minimum atomic E-state index is -5.14. The number of rotatable bonds is 5. The summed E-state index contributed by atoms with van der Waals surface area (Å²) < 4.78 is 44.1. The van der Waals surface area contributed by atoms with Gasteiger partial charge in [0.15, 0.2) is 0 Å². The molecule has 8 nitrogen and oxygen atoms in total. The van der Waals surface area contributed by atoms with Gasteiger partial charge in [-0.2, -0.15) is 13.2 Å². The van der Waals surface area contributed by atoms with E-state index in [0.717, 1.165) is 18.2 Å². The molecule has 1 saturated heterocycles. The highest BCUT2D eigenvalue weighted by molar-refractivity contribution is 6.22. The van der Waals surface area contributed by atoms with Crippen LogP contribution in [0.15, 0.2) is 91.0 Å². The molecule has 11 heteroatoms. The first kappa shape index (κ1) is 23.5. The molecule has 3 aromatic rings. The van der Waals surface area contributed by atoms with Crippen molar-refractivity contribution in [3.05, 3.63) is 107 Å². The van der Waals surface area contributed by atoms with Crippen LogP contribution in [0.4, 0.5) is 39.8 Å². The SMILES string of the molecule is O=C1NC(/C=C/c2ccc([N+](=O)[O-])cc2)(C(F)(F)F)N(c2ccccc2)C(=O)N1c1ccccc1. The summed E-state index contributed by atoms with van der Waals surface area (Å²) in [6.07, 6.45) is -3.45. The minimum absolute atomic E-state index is 0.0889. The van der Waals surface area contributed by atoms with Crippen LogP contribution < -0.4 is 15.1 Å². The Morgan fingerprint density at radius 2 is 1.40 bits per heavy atom. The molecule has 0 spiro atoms. The Morgan fingerprint density at radius 1 is 0.857 bits per heavy atom. The van der Waals surface area contributed by atoms with Crippen molar-refractivity contribution in [2.24, 2.45) is 0 Å². The molecule has 0 saturated carbocycles. The normalized spacial score (nSPS) is 18.6. The number of nitro groups is 1. The highest BCUT2D eigenvalue weighted by Gasteiger charge is 2.64. The number of benzene rings is 3. The Morgan fingerprint density at radius 3 is 1.91 bits per heavy atom. The van der Waals surface area contributed by atoms with Crippen LogP contribution in [0.3, 0.4) is 0 Å². The maximum absolute atomic E-state index is 14.7. The van der Waals surface area contributed by atoms with E-state index in [4.69, 9.17) is 0 Å². The Balaban J connectivity index is 1.86. The lowest BCUT2D eigenvalue weighted by atomic mass is 10.0. The molecule has 0 aliphatic carbocycles. The average Bonchev–Trinajstić information content (AvgIpc) is 2.83. The summed E-state index contributed by atoms with van der Waals surface area (Å²) in [7, 11) is 0. The number of imide groups is 1. The van der Waals surface area contributed by atoms with Crippen molar-refractivity contribution in [2.45, 2.75) is 11.8 Å². The maximum Gasteiger partial charge on any atom is 0.435 e. The van der Waals surface area contributed by atoms with E-state index in [0.29, 0.717) is 15.9 Å². The monoisotopic (exact) mass is 482 g/mol. The quantitative estimate of drug-likeness (QED) is 0.372. The van der Waals surface area contributed by atoms with Crippen molar-refractivity contribution in [1.29, 1.82) is 0 Å². The average molecular weight is 482 g/mol. The van der Waals surface area contributed by atoms with Crippen molar-refractivity contribution >= 4 is 35.2 Å². The number of nitrogens with zero attached hydrogens (tertiary/aromatic N) is 3. The lowest BCUT2D eigenvalue weighted by Crippen LogP contribution is -2.77. The number of nitro benzene ring substituents is 1. The van der Waals surface area contributed by atoms with E-state index >= 15 is 0 Å². The molecule has 1 heterocycles. The minimum Gasteiger partial charge on any atom is -0.303 e. The Hall–Kier alpha value is -4.67. The zero-order valence-electron chi connectivity index (χ0n) is 17.8. The summed E-state index contributed by atoms with van der Waals surface area (Å²) in [6, 6.07) is 17.0. The number of nitrogens with one attached hydrogen (secondary N) is 1. The molecule has 1 N–H and O–H groups in total. The van der Waals surface area contributed by atoms with Gasteiger partial charge in [0.2, 0.25) is 5.66 Å². The van der Waals surface area contributed by atoms with E-state index in [9.17, 15) is 32.9 Å². The van der Waals surface area contributed by atoms with Crippen molar-refractivity contribution in [3.63, 3.8) is 0 Å². The van der Waals surface area contributed by atoms with Crippen LogP contribution in [0.5, 0.6) is 0 Å². The third-order valence-corrected chi connectivity index (χ3v) is 5.32. The highest BCUT2D eigenvalue weighted by atomic mass is 19.4. The van der Waals surface area contributed by atoms with Crippen LogP contribution in [0, 0.1) is 10.1 Å². The molecule has 4 amide bonds. The van der Waals surface area contributed by atoms with Gasteiger partial charge < -0.3 is 5.32 Å². The van der Waals surface area contributed by atoms with E-state index in [1.807, 2.05) is 5.32 Å². The van der Waals surface area contributed by atoms with Gasteiger partial charge >= 0.3 is 18.2 Å². The fourth-order valence-electron chi connectivity index (χ4n) is 3.64. The number of carbonyl (C=O) groups excluding carboxylic acids is 2. The van der Waals surface area contributed by atoms with Gasteiger partial charge in [0.05, 0.1) is 10.6 Å². The fourth-order valence-corrected chi connectivity index (χ4v) is 3.64. The van der Waals surface area contributed by atoms with E-state index < -0.39 is 28.8 Å². The number of anilines is 2. The summed E-state index contributed by atoms with van der Waals surface area (Å²) in [5.41, 5.74) is -3.30. The second kappa shape index (κ2) is 8.93. The molecule has 178 valence electrons. The van der Waals surface area contributed by atoms with Crippen molar-refractivity contribution in [3.8, 4) is 0 Å². The molecule has 35 heavy (non-hydrogen) atoms. The molecule has 1 unspecified atom stereocenters. The van der Waals surface area contributed by atoms with Gasteiger partial charge in [0.1, 0.15) is 0 Å². The van der Waals surface area contributed by atoms with E-state index in [1.54, 1.807) is 24.3 Å². The highest BCUT2D eigenvalue weighted by Crippen LogP contribution is 2.42. The number of para-hydroxylation sites is 2. The Kier molecular flexibility index (Phi) is 6.00. The van der Waals surface area contributed by atoms with Crippen molar-refractivity contribution < 1.29 is 27.7 Å². The Bertz CT molecular complexity index is 1280. The van der Waals surface area contributed by atoms with Crippen molar-refractivity contribution in [1.82, 2.24) is 5.32 Å². The van der Waals surface area contributed by atoms with Crippen LogP contribution in [0.1, 0.15) is 5.56 Å². The molecular weight excluding hydrogens is 465 g/mol. The third kappa shape index (κ3) is 4.31. The summed E-state index contributed by atoms with van der Waals surface area (Å²) in [5.74, 6) is 0.